The summed E-state index contributed by atoms with van der Waals surface area (Å²) in [5.41, 5.74) is 1.17. The molecule has 0 aliphatic carbocycles. The van der Waals surface area contributed by atoms with Crippen molar-refractivity contribution in [2.24, 2.45) is 0 Å². The Morgan fingerprint density at radius 2 is 1.56 bits per heavy atom. The molecule has 0 unspecified atom stereocenters. The van der Waals surface area contributed by atoms with Gasteiger partial charge in [-0.25, -0.2) is 0 Å². The van der Waals surface area contributed by atoms with Gasteiger partial charge < -0.3 is 8.23 Å². The first-order valence-corrected chi connectivity index (χ1v) is 15.8. The number of rotatable bonds is 11. The summed E-state index contributed by atoms with van der Waals surface area (Å²) in [6, 6.07) is 1.32. The molecule has 6 heteroatoms. The standard InChI is InChI=1S/C12H30O2Si4/c1-7-8-9-10-11-17(3,4)14-16-12-18(5,6)13-15-2/h7-12H2,1-6H3. The van der Waals surface area contributed by atoms with Crippen molar-refractivity contribution in [3.05, 3.63) is 0 Å². The highest BCUT2D eigenvalue weighted by Crippen LogP contribution is 2.18. The molecule has 0 bridgehead atoms. The minimum atomic E-state index is -1.43. The van der Waals surface area contributed by atoms with Crippen LogP contribution in [0, 0.1) is 0 Å². The van der Waals surface area contributed by atoms with E-state index in [2.05, 4.69) is 39.7 Å². The molecule has 0 amide bonds. The van der Waals surface area contributed by atoms with E-state index in [9.17, 15) is 0 Å². The van der Waals surface area contributed by atoms with Gasteiger partial charge in [0.05, 0.1) is 0 Å². The van der Waals surface area contributed by atoms with E-state index >= 15 is 0 Å². The number of hydrogen-bond donors (Lipinski definition) is 0. The average molecular weight is 319 g/mol. The lowest BCUT2D eigenvalue weighted by Gasteiger charge is -2.26. The van der Waals surface area contributed by atoms with Crippen LogP contribution in [-0.4, -0.2) is 36.2 Å². The van der Waals surface area contributed by atoms with Crippen molar-refractivity contribution >= 4 is 36.2 Å². The van der Waals surface area contributed by atoms with Gasteiger partial charge in [-0.05, 0) is 44.4 Å². The van der Waals surface area contributed by atoms with Gasteiger partial charge in [0, 0.05) is 0 Å². The Balaban J connectivity index is 3.75. The van der Waals surface area contributed by atoms with Crippen LogP contribution in [0.25, 0.3) is 0 Å². The molecule has 0 saturated carbocycles. The van der Waals surface area contributed by atoms with E-state index in [1.807, 2.05) is 0 Å². The van der Waals surface area contributed by atoms with Crippen LogP contribution in [0.1, 0.15) is 32.6 Å². The Hall–Kier alpha value is 0.788. The monoisotopic (exact) mass is 318 g/mol. The summed E-state index contributed by atoms with van der Waals surface area (Å²) in [6.07, 6.45) is 5.42. The normalized spacial score (nSPS) is 13.0. The van der Waals surface area contributed by atoms with E-state index in [0.29, 0.717) is 19.5 Å². The SMILES string of the molecule is CCCCCC[Si](C)(C)O[Si]C[Si](C)(C)O[Si]C. The van der Waals surface area contributed by atoms with Crippen LogP contribution in [0.2, 0.25) is 44.4 Å². The van der Waals surface area contributed by atoms with Crippen molar-refractivity contribution in [2.45, 2.75) is 77.1 Å². The van der Waals surface area contributed by atoms with Gasteiger partial charge in [-0.3, -0.25) is 0 Å². The van der Waals surface area contributed by atoms with Crippen LogP contribution >= 0.6 is 0 Å². The second-order valence-electron chi connectivity index (χ2n) is 6.06. The van der Waals surface area contributed by atoms with E-state index in [1.54, 1.807) is 0 Å². The molecule has 0 N–H and O–H groups in total. The molecule has 0 spiro atoms. The van der Waals surface area contributed by atoms with Gasteiger partial charge in [0.1, 0.15) is 0 Å². The maximum absolute atomic E-state index is 6.22. The zero-order valence-corrected chi connectivity index (χ0v) is 17.1. The highest BCUT2D eigenvalue weighted by Gasteiger charge is 2.26. The molecular weight excluding hydrogens is 288 g/mol. The van der Waals surface area contributed by atoms with Gasteiger partial charge in [0.2, 0.25) is 19.5 Å². The lowest BCUT2D eigenvalue weighted by atomic mass is 10.2. The second kappa shape index (κ2) is 9.65. The molecule has 0 atom stereocenters. The molecule has 0 rings (SSSR count). The van der Waals surface area contributed by atoms with Crippen LogP contribution in [0.5, 0.6) is 0 Å². The van der Waals surface area contributed by atoms with Crippen LogP contribution in [0.3, 0.4) is 0 Å². The largest absolute Gasteiger partial charge is 0.456 e. The van der Waals surface area contributed by atoms with Crippen molar-refractivity contribution in [1.82, 2.24) is 0 Å². The molecule has 106 valence electrons. The van der Waals surface area contributed by atoms with Crippen molar-refractivity contribution in [3.8, 4) is 0 Å². The molecule has 0 aliphatic heterocycles. The Morgan fingerprint density at radius 3 is 2.11 bits per heavy atom. The fourth-order valence-electron chi connectivity index (χ4n) is 1.75. The Morgan fingerprint density at radius 1 is 0.889 bits per heavy atom. The lowest BCUT2D eigenvalue weighted by molar-refractivity contribution is 0.563. The molecular formula is C12H30O2Si4. The smallest absolute Gasteiger partial charge is 0.214 e. The van der Waals surface area contributed by atoms with Crippen LogP contribution < -0.4 is 0 Å². The fraction of sp³-hybridized carbons (Fsp3) is 1.00. The molecule has 0 fully saturated rings. The van der Waals surface area contributed by atoms with Gasteiger partial charge in [0.25, 0.3) is 0 Å². The zero-order chi connectivity index (χ0) is 14.1. The molecule has 0 aromatic rings. The molecule has 2 nitrogen and oxygen atoms in total. The quantitative estimate of drug-likeness (QED) is 0.419. The number of hydrogen-bond acceptors (Lipinski definition) is 2. The predicted molar refractivity (Wildman–Crippen MR) is 88.3 cm³/mol. The van der Waals surface area contributed by atoms with Crippen molar-refractivity contribution < 1.29 is 8.23 Å². The summed E-state index contributed by atoms with van der Waals surface area (Å²) >= 11 is 0. The van der Waals surface area contributed by atoms with E-state index in [1.165, 1.54) is 37.4 Å². The molecule has 4 radical (unpaired) electrons. The molecule has 0 saturated heterocycles. The number of unbranched alkanes of at least 4 members (excludes halogenated alkanes) is 3. The Labute approximate surface area is 121 Å². The first kappa shape index (κ1) is 18.8. The van der Waals surface area contributed by atoms with E-state index in [0.717, 1.165) is 0 Å². The fourth-order valence-corrected chi connectivity index (χ4v) is 10.3. The van der Waals surface area contributed by atoms with E-state index in [4.69, 9.17) is 8.23 Å². The van der Waals surface area contributed by atoms with Crippen LogP contribution in [0.4, 0.5) is 0 Å². The highest BCUT2D eigenvalue weighted by atomic mass is 28.4. The van der Waals surface area contributed by atoms with Crippen molar-refractivity contribution in [1.29, 1.82) is 0 Å². The summed E-state index contributed by atoms with van der Waals surface area (Å²) < 4.78 is 12.1. The first-order valence-electron chi connectivity index (χ1n) is 7.08. The molecule has 0 aliphatic rings. The first-order chi connectivity index (χ1) is 8.33. The summed E-state index contributed by atoms with van der Waals surface area (Å²) in [5, 5.41) is 0. The van der Waals surface area contributed by atoms with Gasteiger partial charge in [-0.2, -0.15) is 0 Å². The lowest BCUT2D eigenvalue weighted by Crippen LogP contribution is -2.38. The Bertz CT molecular complexity index is 210. The van der Waals surface area contributed by atoms with E-state index < -0.39 is 16.6 Å². The topological polar surface area (TPSA) is 18.5 Å². The third-order valence-electron chi connectivity index (χ3n) is 2.86. The highest BCUT2D eigenvalue weighted by molar-refractivity contribution is 6.83. The maximum Gasteiger partial charge on any atom is 0.214 e. The third kappa shape index (κ3) is 10.7. The maximum atomic E-state index is 6.22. The zero-order valence-electron chi connectivity index (χ0n) is 13.1. The molecule has 18 heavy (non-hydrogen) atoms. The Kier molecular flexibility index (Phi) is 10.1. The second-order valence-corrected chi connectivity index (χ2v) is 17.3. The minimum absolute atomic E-state index is 0.629. The molecule has 0 heterocycles. The third-order valence-corrected chi connectivity index (χ3v) is 14.2. The summed E-state index contributed by atoms with van der Waals surface area (Å²) in [6.45, 7) is 13.7. The summed E-state index contributed by atoms with van der Waals surface area (Å²) in [7, 11) is -1.53. The summed E-state index contributed by atoms with van der Waals surface area (Å²) in [5.74, 6) is 0. The molecule has 0 aromatic heterocycles. The van der Waals surface area contributed by atoms with Gasteiger partial charge in [-0.15, -0.1) is 0 Å². The van der Waals surface area contributed by atoms with Crippen molar-refractivity contribution in [3.63, 3.8) is 0 Å². The van der Waals surface area contributed by atoms with Gasteiger partial charge in [-0.1, -0.05) is 32.6 Å². The molecule has 0 aromatic carbocycles. The average Bonchev–Trinajstić information content (AvgIpc) is 2.23. The van der Waals surface area contributed by atoms with Gasteiger partial charge in [0.15, 0.2) is 16.6 Å². The van der Waals surface area contributed by atoms with Crippen LogP contribution in [-0.2, 0) is 8.23 Å². The van der Waals surface area contributed by atoms with E-state index in [-0.39, 0.29) is 0 Å². The summed E-state index contributed by atoms with van der Waals surface area (Å²) in [4.78, 5) is 0. The van der Waals surface area contributed by atoms with Gasteiger partial charge >= 0.3 is 0 Å². The minimum Gasteiger partial charge on any atom is -0.456 e. The van der Waals surface area contributed by atoms with Crippen molar-refractivity contribution in [2.75, 3.05) is 0 Å². The van der Waals surface area contributed by atoms with Crippen LogP contribution in [0.15, 0.2) is 0 Å². The predicted octanol–water partition coefficient (Wildman–Crippen LogP) is 4.25.